The molecule has 0 amide bonds. The molecule has 0 N–H and O–H groups in total. The summed E-state index contributed by atoms with van der Waals surface area (Å²) in [5.74, 6) is -0.461. The van der Waals surface area contributed by atoms with Crippen molar-refractivity contribution in [1.29, 1.82) is 0 Å². The zero-order valence-electron chi connectivity index (χ0n) is 14.1. The highest BCUT2D eigenvalue weighted by atomic mass is 35.5. The first-order valence-corrected chi connectivity index (χ1v) is 9.12. The molecule has 0 aromatic heterocycles. The Balaban J connectivity index is 2.48. The van der Waals surface area contributed by atoms with Crippen molar-refractivity contribution in [3.05, 3.63) is 62.7 Å². The maximum atomic E-state index is 12.3. The summed E-state index contributed by atoms with van der Waals surface area (Å²) in [6.45, 7) is 4.64. The predicted molar refractivity (Wildman–Crippen MR) is 99.8 cm³/mol. The molecule has 26 heavy (non-hydrogen) atoms. The number of ketones is 1. The van der Waals surface area contributed by atoms with Crippen molar-refractivity contribution in [2.45, 2.75) is 25.7 Å². The SMILES string of the molecule is CC1=CC(=O)C(N=[N+]=[N-])=C(C)C1=N/C(C)=N/S(=O)(=O)c1ccc(Cl)cc1. The molecule has 1 aromatic rings. The van der Waals surface area contributed by atoms with Crippen LogP contribution in [-0.2, 0) is 14.8 Å². The molecule has 0 radical (unpaired) electrons. The van der Waals surface area contributed by atoms with Crippen LogP contribution in [0.1, 0.15) is 20.8 Å². The number of azide groups is 1. The minimum atomic E-state index is -3.96. The number of allylic oxidation sites excluding steroid dienone is 3. The molecule has 1 aromatic carbocycles. The first-order valence-electron chi connectivity index (χ1n) is 7.31. The maximum absolute atomic E-state index is 12.3. The van der Waals surface area contributed by atoms with Crippen molar-refractivity contribution in [1.82, 2.24) is 0 Å². The highest BCUT2D eigenvalue weighted by Gasteiger charge is 2.21. The van der Waals surface area contributed by atoms with E-state index in [4.69, 9.17) is 17.1 Å². The summed E-state index contributed by atoms with van der Waals surface area (Å²) in [7, 11) is -3.96. The van der Waals surface area contributed by atoms with Crippen LogP contribution in [0.15, 0.2) is 66.6 Å². The van der Waals surface area contributed by atoms with E-state index in [1.54, 1.807) is 13.8 Å². The maximum Gasteiger partial charge on any atom is 0.283 e. The zero-order chi connectivity index (χ0) is 19.5. The molecule has 0 saturated heterocycles. The van der Waals surface area contributed by atoms with Crippen molar-refractivity contribution < 1.29 is 13.2 Å². The average Bonchev–Trinajstić information content (AvgIpc) is 2.55. The van der Waals surface area contributed by atoms with Crippen LogP contribution in [-0.4, -0.2) is 25.7 Å². The number of amidine groups is 1. The lowest BCUT2D eigenvalue weighted by molar-refractivity contribution is -0.111. The number of nitrogens with zero attached hydrogens (tertiary/aromatic N) is 5. The van der Waals surface area contributed by atoms with Gasteiger partial charge in [0.2, 0.25) is 0 Å². The summed E-state index contributed by atoms with van der Waals surface area (Å²) in [6, 6.07) is 5.58. The molecule has 0 aliphatic heterocycles. The fraction of sp³-hybridized carbons (Fsp3) is 0.188. The van der Waals surface area contributed by atoms with Gasteiger partial charge >= 0.3 is 0 Å². The van der Waals surface area contributed by atoms with E-state index in [1.165, 1.54) is 37.3 Å². The highest BCUT2D eigenvalue weighted by molar-refractivity contribution is 7.90. The van der Waals surface area contributed by atoms with Crippen molar-refractivity contribution in [3.63, 3.8) is 0 Å². The van der Waals surface area contributed by atoms with Crippen molar-refractivity contribution >= 4 is 39.0 Å². The van der Waals surface area contributed by atoms with Gasteiger partial charge in [-0.05, 0) is 67.8 Å². The fourth-order valence-electron chi connectivity index (χ4n) is 2.28. The van der Waals surface area contributed by atoms with Crippen LogP contribution in [0.4, 0.5) is 0 Å². The minimum Gasteiger partial charge on any atom is -0.289 e. The van der Waals surface area contributed by atoms with E-state index in [0.717, 1.165) is 0 Å². The third kappa shape index (κ3) is 4.26. The Morgan fingerprint density at radius 2 is 1.81 bits per heavy atom. The normalized spacial score (nSPS) is 17.2. The van der Waals surface area contributed by atoms with E-state index in [-0.39, 0.29) is 16.4 Å². The first-order chi connectivity index (χ1) is 12.2. The lowest BCUT2D eigenvalue weighted by atomic mass is 9.94. The standard InChI is InChI=1S/C16H14ClN5O3S/c1-9-8-14(23)16(20-22-18)10(2)15(9)19-11(3)21-26(24,25)13-6-4-12(17)5-7-13/h4-8H,1-3H3/b19-15?,21-11+. The molecule has 8 nitrogen and oxygen atoms in total. The summed E-state index contributed by atoms with van der Waals surface area (Å²) < 4.78 is 28.3. The second kappa shape index (κ2) is 7.65. The molecule has 0 unspecified atom stereocenters. The first kappa shape index (κ1) is 19.6. The van der Waals surface area contributed by atoms with Gasteiger partial charge in [-0.1, -0.05) is 16.7 Å². The number of halogens is 1. The fourth-order valence-corrected chi connectivity index (χ4v) is 3.38. The van der Waals surface area contributed by atoms with Crippen LogP contribution in [0, 0.1) is 0 Å². The van der Waals surface area contributed by atoms with Crippen molar-refractivity contribution in [2.75, 3.05) is 0 Å². The van der Waals surface area contributed by atoms with Gasteiger partial charge in [0.1, 0.15) is 5.84 Å². The second-order valence-electron chi connectivity index (χ2n) is 5.38. The molecule has 0 atom stereocenters. The van der Waals surface area contributed by atoms with Crippen LogP contribution < -0.4 is 0 Å². The van der Waals surface area contributed by atoms with E-state index in [0.29, 0.717) is 21.9 Å². The smallest absolute Gasteiger partial charge is 0.283 e. The number of rotatable bonds is 3. The lowest BCUT2D eigenvalue weighted by Gasteiger charge is -2.15. The number of aliphatic imine (C=N–C) groups is 1. The average molecular weight is 392 g/mol. The van der Waals surface area contributed by atoms with Crippen LogP contribution in [0.25, 0.3) is 10.4 Å². The second-order valence-corrected chi connectivity index (χ2v) is 7.42. The van der Waals surface area contributed by atoms with Gasteiger partial charge in [0.05, 0.1) is 16.3 Å². The third-order valence-corrected chi connectivity index (χ3v) is 5.07. The van der Waals surface area contributed by atoms with E-state index < -0.39 is 15.8 Å². The lowest BCUT2D eigenvalue weighted by Crippen LogP contribution is -2.17. The monoisotopic (exact) mass is 391 g/mol. The van der Waals surface area contributed by atoms with Gasteiger partial charge in [0.25, 0.3) is 10.0 Å². The Hall–Kier alpha value is -2.74. The summed E-state index contributed by atoms with van der Waals surface area (Å²) in [4.78, 5) is 18.7. The number of carbonyl (C=O) groups is 1. The van der Waals surface area contributed by atoms with Crippen molar-refractivity contribution in [2.24, 2.45) is 14.5 Å². The molecule has 0 saturated carbocycles. The Morgan fingerprint density at radius 3 is 2.38 bits per heavy atom. The van der Waals surface area contributed by atoms with Crippen LogP contribution in [0.2, 0.25) is 5.02 Å². The third-order valence-electron chi connectivity index (χ3n) is 3.45. The van der Waals surface area contributed by atoms with Gasteiger partial charge < -0.3 is 0 Å². The molecule has 0 heterocycles. The molecule has 0 fully saturated rings. The Labute approximate surface area is 155 Å². The number of benzene rings is 1. The van der Waals surface area contributed by atoms with Crippen LogP contribution >= 0.6 is 11.6 Å². The Kier molecular flexibility index (Phi) is 5.76. The zero-order valence-corrected chi connectivity index (χ0v) is 15.7. The molecule has 0 bridgehead atoms. The van der Waals surface area contributed by atoms with E-state index >= 15 is 0 Å². The predicted octanol–water partition coefficient (Wildman–Crippen LogP) is 4.00. The summed E-state index contributed by atoms with van der Waals surface area (Å²) in [6.07, 6.45) is 1.27. The summed E-state index contributed by atoms with van der Waals surface area (Å²) >= 11 is 5.75. The summed E-state index contributed by atoms with van der Waals surface area (Å²) in [5, 5.41) is 3.79. The van der Waals surface area contributed by atoms with E-state index in [9.17, 15) is 13.2 Å². The topological polar surface area (TPSA) is 125 Å². The van der Waals surface area contributed by atoms with E-state index in [2.05, 4.69) is 19.4 Å². The number of carbonyl (C=O) groups excluding carboxylic acids is 1. The number of hydrogen-bond acceptors (Lipinski definition) is 4. The van der Waals surface area contributed by atoms with Gasteiger partial charge in [-0.3, -0.25) is 4.79 Å². The molecular formula is C16H14ClN5O3S. The summed E-state index contributed by atoms with van der Waals surface area (Å²) in [5.41, 5.74) is 9.71. The largest absolute Gasteiger partial charge is 0.289 e. The van der Waals surface area contributed by atoms with E-state index in [1.807, 2.05) is 0 Å². The molecule has 0 spiro atoms. The van der Waals surface area contributed by atoms with Gasteiger partial charge in [-0.15, -0.1) is 4.40 Å². The molecule has 10 heteroatoms. The quantitative estimate of drug-likeness (QED) is 0.193. The molecule has 1 aliphatic rings. The van der Waals surface area contributed by atoms with Gasteiger partial charge in [0, 0.05) is 9.93 Å². The van der Waals surface area contributed by atoms with Crippen LogP contribution in [0.5, 0.6) is 0 Å². The molecule has 1 aliphatic carbocycles. The number of sulfonamides is 1. The minimum absolute atomic E-state index is 0.0189. The van der Waals surface area contributed by atoms with Crippen molar-refractivity contribution in [3.8, 4) is 0 Å². The van der Waals surface area contributed by atoms with Crippen LogP contribution in [0.3, 0.4) is 0 Å². The Bertz CT molecular complexity index is 1040. The van der Waals surface area contributed by atoms with Gasteiger partial charge in [-0.25, -0.2) is 4.99 Å². The number of hydrogen-bond donors (Lipinski definition) is 0. The molecule has 2 rings (SSSR count). The highest BCUT2D eigenvalue weighted by Crippen LogP contribution is 2.22. The molecule has 134 valence electrons. The molecular weight excluding hydrogens is 378 g/mol. The van der Waals surface area contributed by atoms with Gasteiger partial charge in [0.15, 0.2) is 5.78 Å². The van der Waals surface area contributed by atoms with Gasteiger partial charge in [-0.2, -0.15) is 8.42 Å². The Morgan fingerprint density at radius 1 is 1.19 bits per heavy atom.